The molecule has 3 N–H and O–H groups in total. The molecule has 0 saturated carbocycles. The lowest BCUT2D eigenvalue weighted by Gasteiger charge is -2.29. The second kappa shape index (κ2) is 7.71. The van der Waals surface area contributed by atoms with Gasteiger partial charge in [-0.15, -0.1) is 0 Å². The van der Waals surface area contributed by atoms with Gasteiger partial charge in [0.05, 0.1) is 0 Å². The molecule has 28 heavy (non-hydrogen) atoms. The molecule has 0 aliphatic carbocycles. The van der Waals surface area contributed by atoms with Crippen LogP contribution in [0.4, 0.5) is 0 Å². The van der Waals surface area contributed by atoms with Crippen LogP contribution >= 0.6 is 0 Å². The van der Waals surface area contributed by atoms with E-state index in [1.165, 1.54) is 4.90 Å². The number of carbonyl (C=O) groups excluding carboxylic acids is 4. The van der Waals surface area contributed by atoms with Crippen LogP contribution in [0.3, 0.4) is 0 Å². The lowest BCUT2D eigenvalue weighted by molar-refractivity contribution is -0.137. The van der Waals surface area contributed by atoms with Crippen molar-refractivity contribution in [2.45, 2.75) is 44.8 Å². The zero-order valence-corrected chi connectivity index (χ0v) is 15.6. The quantitative estimate of drug-likeness (QED) is 0.637. The third-order valence-electron chi connectivity index (χ3n) is 5.84. The van der Waals surface area contributed by atoms with Gasteiger partial charge in [0, 0.05) is 31.0 Å². The van der Waals surface area contributed by atoms with Crippen molar-refractivity contribution in [1.29, 1.82) is 0 Å². The number of hydrogen-bond acceptors (Lipinski definition) is 5. The summed E-state index contributed by atoms with van der Waals surface area (Å²) in [6.07, 6.45) is 2.24. The van der Waals surface area contributed by atoms with Crippen molar-refractivity contribution in [3.8, 4) is 0 Å². The molecule has 8 nitrogen and oxygen atoms in total. The molecule has 4 amide bonds. The third kappa shape index (κ3) is 3.52. The van der Waals surface area contributed by atoms with Crippen molar-refractivity contribution >= 4 is 23.6 Å². The van der Waals surface area contributed by atoms with Gasteiger partial charge >= 0.3 is 0 Å². The van der Waals surface area contributed by atoms with E-state index in [0.29, 0.717) is 25.1 Å². The summed E-state index contributed by atoms with van der Waals surface area (Å²) >= 11 is 0. The van der Waals surface area contributed by atoms with Gasteiger partial charge in [0.2, 0.25) is 17.7 Å². The summed E-state index contributed by atoms with van der Waals surface area (Å²) in [6.45, 7) is 2.39. The molecule has 0 spiro atoms. The van der Waals surface area contributed by atoms with E-state index in [1.807, 2.05) is 6.07 Å². The van der Waals surface area contributed by atoms with Crippen LogP contribution in [-0.4, -0.2) is 47.7 Å². The van der Waals surface area contributed by atoms with Gasteiger partial charge in [-0.25, -0.2) is 0 Å². The van der Waals surface area contributed by atoms with Gasteiger partial charge < -0.3 is 15.5 Å². The van der Waals surface area contributed by atoms with Crippen molar-refractivity contribution in [1.82, 2.24) is 20.9 Å². The van der Waals surface area contributed by atoms with Gasteiger partial charge in [-0.3, -0.25) is 24.5 Å². The van der Waals surface area contributed by atoms with Crippen LogP contribution < -0.4 is 16.0 Å². The van der Waals surface area contributed by atoms with E-state index in [9.17, 15) is 19.2 Å². The smallest absolute Gasteiger partial charge is 0.255 e. The maximum Gasteiger partial charge on any atom is 0.255 e. The topological polar surface area (TPSA) is 108 Å². The zero-order valence-electron chi connectivity index (χ0n) is 15.6. The van der Waals surface area contributed by atoms with Gasteiger partial charge in [-0.05, 0) is 49.5 Å². The van der Waals surface area contributed by atoms with Crippen LogP contribution in [0.5, 0.6) is 0 Å². The number of imide groups is 1. The Hall–Kier alpha value is -2.74. The minimum absolute atomic E-state index is 0.0274. The summed E-state index contributed by atoms with van der Waals surface area (Å²) in [6, 6.07) is 4.83. The number of amides is 4. The molecule has 3 aliphatic heterocycles. The SMILES string of the molecule is O=C1CCC(N2Cc3c(CNC(=O)C4CCNCC4)cccc3C2=O)C(=O)N1. The average Bonchev–Trinajstić information content (AvgIpc) is 3.04. The minimum atomic E-state index is -0.630. The molecule has 3 aliphatic rings. The molecule has 0 aromatic heterocycles. The molecule has 4 rings (SSSR count). The Morgan fingerprint density at radius 1 is 1.14 bits per heavy atom. The average molecular weight is 384 g/mol. The number of rotatable bonds is 4. The first-order valence-corrected chi connectivity index (χ1v) is 9.78. The zero-order chi connectivity index (χ0) is 19.7. The van der Waals surface area contributed by atoms with Crippen molar-refractivity contribution in [2.24, 2.45) is 5.92 Å². The number of nitrogens with zero attached hydrogens (tertiary/aromatic N) is 1. The lowest BCUT2D eigenvalue weighted by Crippen LogP contribution is -2.52. The Labute approximate surface area is 163 Å². The Kier molecular flexibility index (Phi) is 5.13. The van der Waals surface area contributed by atoms with E-state index in [-0.39, 0.29) is 30.1 Å². The van der Waals surface area contributed by atoms with Crippen LogP contribution in [0.25, 0.3) is 0 Å². The molecule has 1 atom stereocenters. The van der Waals surface area contributed by atoms with Crippen molar-refractivity contribution < 1.29 is 19.2 Å². The Bertz CT molecular complexity index is 831. The second-order valence-corrected chi connectivity index (χ2v) is 7.59. The van der Waals surface area contributed by atoms with E-state index in [4.69, 9.17) is 0 Å². The maximum absolute atomic E-state index is 12.8. The molecule has 3 heterocycles. The summed E-state index contributed by atoms with van der Waals surface area (Å²) in [4.78, 5) is 50.3. The molecule has 1 unspecified atom stereocenters. The van der Waals surface area contributed by atoms with Gasteiger partial charge in [-0.2, -0.15) is 0 Å². The Balaban J connectivity index is 1.46. The predicted octanol–water partition coefficient (Wildman–Crippen LogP) is 0.0634. The first kappa shape index (κ1) is 18.6. The first-order valence-electron chi connectivity index (χ1n) is 9.78. The van der Waals surface area contributed by atoms with E-state index in [2.05, 4.69) is 16.0 Å². The van der Waals surface area contributed by atoms with Gasteiger partial charge in [0.1, 0.15) is 6.04 Å². The maximum atomic E-state index is 12.8. The summed E-state index contributed by atoms with van der Waals surface area (Å²) in [7, 11) is 0. The number of fused-ring (bicyclic) bond motifs is 1. The van der Waals surface area contributed by atoms with Crippen molar-refractivity contribution in [3.63, 3.8) is 0 Å². The molecule has 2 saturated heterocycles. The molecule has 2 fully saturated rings. The summed E-state index contributed by atoms with van der Waals surface area (Å²) < 4.78 is 0. The fourth-order valence-electron chi connectivity index (χ4n) is 4.23. The number of benzene rings is 1. The molecule has 1 aromatic carbocycles. The standard InChI is InChI=1S/C20H24N4O4/c25-17-5-4-16(19(27)23-17)24-11-15-13(2-1-3-14(15)20(24)28)10-22-18(26)12-6-8-21-9-7-12/h1-3,12,16,21H,4-11H2,(H,22,26)(H,23,25,27). The minimum Gasteiger partial charge on any atom is -0.352 e. The highest BCUT2D eigenvalue weighted by Gasteiger charge is 2.39. The van der Waals surface area contributed by atoms with Crippen molar-refractivity contribution in [3.05, 3.63) is 34.9 Å². The molecule has 0 bridgehead atoms. The normalized spacial score (nSPS) is 22.8. The monoisotopic (exact) mass is 384 g/mol. The van der Waals surface area contributed by atoms with Gasteiger partial charge in [0.15, 0.2) is 0 Å². The van der Waals surface area contributed by atoms with Crippen molar-refractivity contribution in [2.75, 3.05) is 13.1 Å². The number of piperidine rings is 2. The van der Waals surface area contributed by atoms with E-state index >= 15 is 0 Å². The molecule has 0 radical (unpaired) electrons. The molecule has 8 heteroatoms. The third-order valence-corrected chi connectivity index (χ3v) is 5.84. The van der Waals surface area contributed by atoms with E-state index in [1.54, 1.807) is 12.1 Å². The number of hydrogen-bond donors (Lipinski definition) is 3. The summed E-state index contributed by atoms with van der Waals surface area (Å²) in [5.74, 6) is -0.842. The van der Waals surface area contributed by atoms with E-state index < -0.39 is 11.9 Å². The summed E-state index contributed by atoms with van der Waals surface area (Å²) in [5.41, 5.74) is 2.31. The largest absolute Gasteiger partial charge is 0.352 e. The molecular weight excluding hydrogens is 360 g/mol. The number of nitrogens with one attached hydrogen (secondary N) is 3. The highest BCUT2D eigenvalue weighted by atomic mass is 16.2. The highest BCUT2D eigenvalue weighted by Crippen LogP contribution is 2.29. The second-order valence-electron chi connectivity index (χ2n) is 7.59. The van der Waals surface area contributed by atoms with Crippen LogP contribution in [0.15, 0.2) is 18.2 Å². The lowest BCUT2D eigenvalue weighted by atomic mass is 9.97. The molecule has 148 valence electrons. The Morgan fingerprint density at radius 2 is 1.93 bits per heavy atom. The molecular formula is C20H24N4O4. The highest BCUT2D eigenvalue weighted by molar-refractivity contribution is 6.05. The first-order chi connectivity index (χ1) is 13.5. The van der Waals surface area contributed by atoms with Gasteiger partial charge in [-0.1, -0.05) is 12.1 Å². The van der Waals surface area contributed by atoms with Crippen LogP contribution in [0, 0.1) is 5.92 Å². The Morgan fingerprint density at radius 3 is 2.68 bits per heavy atom. The van der Waals surface area contributed by atoms with Crippen LogP contribution in [-0.2, 0) is 27.5 Å². The predicted molar refractivity (Wildman–Crippen MR) is 99.9 cm³/mol. The number of carbonyl (C=O) groups is 4. The van der Waals surface area contributed by atoms with Gasteiger partial charge in [0.25, 0.3) is 5.91 Å². The fraction of sp³-hybridized carbons (Fsp3) is 0.500. The van der Waals surface area contributed by atoms with Crippen LogP contribution in [0.1, 0.15) is 47.2 Å². The fourth-order valence-corrected chi connectivity index (χ4v) is 4.23. The summed E-state index contributed by atoms with van der Waals surface area (Å²) in [5, 5.41) is 8.56. The molecule has 1 aromatic rings. The van der Waals surface area contributed by atoms with E-state index in [0.717, 1.165) is 37.1 Å². The van der Waals surface area contributed by atoms with Crippen LogP contribution in [0.2, 0.25) is 0 Å².